The van der Waals surface area contributed by atoms with E-state index >= 15 is 0 Å². The third kappa shape index (κ3) is 3.52. The largest absolute Gasteiger partial charge is 0.496 e. The minimum atomic E-state index is -4.59. The van der Waals surface area contributed by atoms with Crippen molar-refractivity contribution in [2.75, 3.05) is 0 Å². The third-order valence-corrected chi connectivity index (χ3v) is 3.57. The standard InChI is InChI=1S/C13H16BF4NO3/c1-7-12(3,4)22-14(21-7)9-5-10(15)11(19-6-9)20-8(2)13(16,17)18/h5-8H,1-4H3. The SMILES string of the molecule is CC(Oc1ncc(B2OC(C)C(C)(C)O2)cc1F)C(F)(F)F. The van der Waals surface area contributed by atoms with Crippen LogP contribution >= 0.6 is 0 Å². The zero-order valence-electron chi connectivity index (χ0n) is 12.6. The molecule has 1 aromatic heterocycles. The van der Waals surface area contributed by atoms with Crippen molar-refractivity contribution < 1.29 is 31.6 Å². The average molecular weight is 321 g/mol. The highest BCUT2D eigenvalue weighted by Gasteiger charge is 2.44. The second kappa shape index (κ2) is 5.70. The maximum atomic E-state index is 13.9. The van der Waals surface area contributed by atoms with Gasteiger partial charge in [0.25, 0.3) is 5.88 Å². The summed E-state index contributed by atoms with van der Waals surface area (Å²) < 4.78 is 66.8. The first-order valence-electron chi connectivity index (χ1n) is 6.73. The van der Waals surface area contributed by atoms with Gasteiger partial charge in [0.05, 0.1) is 11.7 Å². The Bertz CT molecular complexity index is 553. The molecule has 22 heavy (non-hydrogen) atoms. The van der Waals surface area contributed by atoms with Crippen LogP contribution in [0.15, 0.2) is 12.3 Å². The molecule has 0 aromatic carbocycles. The van der Waals surface area contributed by atoms with Gasteiger partial charge in [0, 0.05) is 11.7 Å². The summed E-state index contributed by atoms with van der Waals surface area (Å²) in [6.07, 6.45) is -5.79. The van der Waals surface area contributed by atoms with Gasteiger partial charge in [-0.25, -0.2) is 9.37 Å². The minimum absolute atomic E-state index is 0.221. The molecule has 1 fully saturated rings. The van der Waals surface area contributed by atoms with Crippen molar-refractivity contribution >= 4 is 12.6 Å². The number of rotatable bonds is 3. The summed E-state index contributed by atoms with van der Waals surface area (Å²) >= 11 is 0. The highest BCUT2D eigenvalue weighted by molar-refractivity contribution is 6.61. The van der Waals surface area contributed by atoms with Crippen molar-refractivity contribution in [2.45, 2.75) is 51.7 Å². The highest BCUT2D eigenvalue weighted by atomic mass is 19.4. The summed E-state index contributed by atoms with van der Waals surface area (Å²) in [7, 11) is -0.818. The quantitative estimate of drug-likeness (QED) is 0.633. The van der Waals surface area contributed by atoms with Gasteiger partial charge in [0.2, 0.25) is 0 Å². The van der Waals surface area contributed by atoms with E-state index in [0.717, 1.165) is 13.0 Å². The lowest BCUT2D eigenvalue weighted by Gasteiger charge is -2.21. The zero-order chi connectivity index (χ0) is 16.7. The smallest absolute Gasteiger partial charge is 0.463 e. The molecule has 1 saturated heterocycles. The molecule has 4 nitrogen and oxygen atoms in total. The fourth-order valence-corrected chi connectivity index (χ4v) is 1.79. The maximum Gasteiger partial charge on any atom is 0.496 e. The van der Waals surface area contributed by atoms with Crippen LogP contribution in [0.1, 0.15) is 27.7 Å². The lowest BCUT2D eigenvalue weighted by molar-refractivity contribution is -0.190. The molecular formula is C13H16BF4NO3. The predicted octanol–water partition coefficient (Wildman–Crippen LogP) is 2.46. The second-order valence-electron chi connectivity index (χ2n) is 5.69. The molecule has 2 heterocycles. The average Bonchev–Trinajstić information content (AvgIpc) is 2.65. The molecule has 9 heteroatoms. The molecule has 2 atom stereocenters. The molecule has 1 aliphatic rings. The number of halogens is 4. The lowest BCUT2D eigenvalue weighted by atomic mass is 9.80. The second-order valence-corrected chi connectivity index (χ2v) is 5.69. The summed E-state index contributed by atoms with van der Waals surface area (Å²) in [4.78, 5) is 3.59. The van der Waals surface area contributed by atoms with E-state index in [1.807, 2.05) is 20.8 Å². The van der Waals surface area contributed by atoms with Gasteiger partial charge in [-0.1, -0.05) is 0 Å². The van der Waals surface area contributed by atoms with Gasteiger partial charge in [0.1, 0.15) is 0 Å². The molecule has 1 aromatic rings. The lowest BCUT2D eigenvalue weighted by Crippen LogP contribution is -2.36. The van der Waals surface area contributed by atoms with Crippen LogP contribution in [-0.4, -0.2) is 36.1 Å². The molecule has 1 aliphatic heterocycles. The van der Waals surface area contributed by atoms with Crippen molar-refractivity contribution in [1.82, 2.24) is 4.98 Å². The van der Waals surface area contributed by atoms with E-state index in [1.54, 1.807) is 0 Å². The molecule has 0 spiro atoms. The summed E-state index contributed by atoms with van der Waals surface area (Å²) in [5.41, 5.74) is -0.275. The van der Waals surface area contributed by atoms with E-state index in [4.69, 9.17) is 9.31 Å². The van der Waals surface area contributed by atoms with Crippen molar-refractivity contribution in [3.8, 4) is 5.88 Å². The monoisotopic (exact) mass is 321 g/mol. The van der Waals surface area contributed by atoms with E-state index in [2.05, 4.69) is 9.72 Å². The molecule has 0 saturated carbocycles. The Morgan fingerprint density at radius 1 is 1.41 bits per heavy atom. The molecule has 0 radical (unpaired) electrons. The number of ether oxygens (including phenoxy) is 1. The maximum absolute atomic E-state index is 13.9. The zero-order valence-corrected chi connectivity index (χ0v) is 12.6. The number of alkyl halides is 3. The number of pyridine rings is 1. The van der Waals surface area contributed by atoms with Crippen LogP contribution in [0.25, 0.3) is 0 Å². The van der Waals surface area contributed by atoms with Gasteiger partial charge in [-0.3, -0.25) is 0 Å². The van der Waals surface area contributed by atoms with Crippen LogP contribution in [0.5, 0.6) is 5.88 Å². The Kier molecular flexibility index (Phi) is 4.41. The Balaban J connectivity index is 2.14. The Morgan fingerprint density at radius 3 is 2.50 bits per heavy atom. The topological polar surface area (TPSA) is 40.6 Å². The predicted molar refractivity (Wildman–Crippen MR) is 71.4 cm³/mol. The third-order valence-electron chi connectivity index (χ3n) is 3.57. The fraction of sp³-hybridized carbons (Fsp3) is 0.615. The molecule has 2 rings (SSSR count). The van der Waals surface area contributed by atoms with Gasteiger partial charge in [-0.05, 0) is 33.8 Å². The molecule has 2 unspecified atom stereocenters. The molecule has 0 amide bonds. The number of nitrogens with zero attached hydrogens (tertiary/aromatic N) is 1. The van der Waals surface area contributed by atoms with E-state index in [9.17, 15) is 17.6 Å². The van der Waals surface area contributed by atoms with Gasteiger partial charge < -0.3 is 14.0 Å². The summed E-state index contributed by atoms with van der Waals surface area (Å²) in [5, 5.41) is 0. The molecule has 0 aliphatic carbocycles. The molecule has 122 valence electrons. The molecular weight excluding hydrogens is 305 g/mol. The van der Waals surface area contributed by atoms with Crippen molar-refractivity contribution in [3.05, 3.63) is 18.1 Å². The number of hydrogen-bond acceptors (Lipinski definition) is 4. The number of hydrogen-bond donors (Lipinski definition) is 0. The first-order chi connectivity index (χ1) is 10.0. The van der Waals surface area contributed by atoms with Crippen LogP contribution in [0.3, 0.4) is 0 Å². The van der Waals surface area contributed by atoms with Crippen LogP contribution in [-0.2, 0) is 9.31 Å². The van der Waals surface area contributed by atoms with Crippen LogP contribution < -0.4 is 10.2 Å². The van der Waals surface area contributed by atoms with Crippen LogP contribution in [0.4, 0.5) is 17.6 Å². The fourth-order valence-electron chi connectivity index (χ4n) is 1.79. The first-order valence-corrected chi connectivity index (χ1v) is 6.73. The van der Waals surface area contributed by atoms with Gasteiger partial charge in [0.15, 0.2) is 11.9 Å². The molecule has 0 N–H and O–H groups in total. The Labute approximate surface area is 125 Å². The Hall–Kier alpha value is -1.35. The minimum Gasteiger partial charge on any atom is -0.463 e. The van der Waals surface area contributed by atoms with Gasteiger partial charge in [-0.15, -0.1) is 0 Å². The Morgan fingerprint density at radius 2 is 2.05 bits per heavy atom. The van der Waals surface area contributed by atoms with Crippen LogP contribution in [0, 0.1) is 5.82 Å². The van der Waals surface area contributed by atoms with Gasteiger partial charge in [-0.2, -0.15) is 13.2 Å². The van der Waals surface area contributed by atoms with Crippen molar-refractivity contribution in [2.24, 2.45) is 0 Å². The van der Waals surface area contributed by atoms with E-state index in [-0.39, 0.29) is 11.6 Å². The van der Waals surface area contributed by atoms with E-state index in [0.29, 0.717) is 0 Å². The van der Waals surface area contributed by atoms with Crippen molar-refractivity contribution in [3.63, 3.8) is 0 Å². The number of aromatic nitrogens is 1. The summed E-state index contributed by atoms with van der Waals surface area (Å²) in [6, 6.07) is 1.00. The van der Waals surface area contributed by atoms with Crippen molar-refractivity contribution in [1.29, 1.82) is 0 Å². The summed E-state index contributed by atoms with van der Waals surface area (Å²) in [5.74, 6) is -1.71. The first kappa shape index (κ1) is 17.0. The van der Waals surface area contributed by atoms with E-state index < -0.39 is 36.7 Å². The highest BCUT2D eigenvalue weighted by Crippen LogP contribution is 2.28. The molecule has 0 bridgehead atoms. The van der Waals surface area contributed by atoms with Gasteiger partial charge >= 0.3 is 13.3 Å². The normalized spacial score (nSPS) is 22.7. The van der Waals surface area contributed by atoms with E-state index in [1.165, 1.54) is 6.20 Å². The summed E-state index contributed by atoms with van der Waals surface area (Å²) in [6.45, 7) is 6.24. The van der Waals surface area contributed by atoms with Crippen LogP contribution in [0.2, 0.25) is 0 Å².